The molecule has 3 heterocycles. The summed E-state index contributed by atoms with van der Waals surface area (Å²) in [5.74, 6) is 0. The Bertz CT molecular complexity index is 663. The zero-order valence-electron chi connectivity index (χ0n) is 13.7. The Morgan fingerprint density at radius 1 is 0.680 bits per heavy atom. The summed E-state index contributed by atoms with van der Waals surface area (Å²) < 4.78 is 1.18. The molecule has 0 aromatic carbocycles. The molecule has 3 aromatic heterocycles. The highest BCUT2D eigenvalue weighted by atomic mass is 124. The molecule has 3 aromatic rings. The maximum Gasteiger partial charge on any atom is 0.199 e. The molecule has 0 saturated heterocycles. The maximum absolute atomic E-state index is 4.62. The van der Waals surface area contributed by atoms with Gasteiger partial charge in [-0.3, -0.25) is 0 Å². The van der Waals surface area contributed by atoms with E-state index in [4.69, 9.17) is 0 Å². The molecule has 3 rings (SSSR count). The SMILES string of the molecule is [124I]CCCCC[P+](c1ccncn1)(c1ccncn1)c1ccncn1. The van der Waals surface area contributed by atoms with E-state index in [-0.39, 0.29) is 0 Å². The van der Waals surface area contributed by atoms with E-state index in [0.29, 0.717) is 0 Å². The third-order valence-corrected chi connectivity index (χ3v) is 8.89. The number of unbranched alkanes of at least 4 members (excludes halogenated alkanes) is 2. The number of halogens is 1. The van der Waals surface area contributed by atoms with Gasteiger partial charge in [0, 0.05) is 36.8 Å². The predicted molar refractivity (Wildman–Crippen MR) is 110 cm³/mol. The first kappa shape index (κ1) is 18.2. The van der Waals surface area contributed by atoms with Crippen LogP contribution in [0, 0.1) is 0 Å². The Balaban J connectivity index is 2.13. The molecule has 0 N–H and O–H groups in total. The van der Waals surface area contributed by atoms with Gasteiger partial charge in [0.15, 0.2) is 23.6 Å². The molecule has 0 saturated carbocycles. The van der Waals surface area contributed by atoms with Gasteiger partial charge in [-0.15, -0.1) is 0 Å². The van der Waals surface area contributed by atoms with Crippen LogP contribution in [0.25, 0.3) is 0 Å². The van der Waals surface area contributed by atoms with Crippen molar-refractivity contribution in [1.29, 1.82) is 0 Å². The van der Waals surface area contributed by atoms with Crippen molar-refractivity contribution in [2.75, 3.05) is 10.6 Å². The lowest BCUT2D eigenvalue weighted by Crippen LogP contribution is -2.38. The monoisotopic (exact) mass is 462 g/mol. The van der Waals surface area contributed by atoms with Crippen LogP contribution < -0.4 is 16.3 Å². The third kappa shape index (κ3) is 4.15. The highest BCUT2D eigenvalue weighted by Crippen LogP contribution is 2.54. The second-order valence-corrected chi connectivity index (χ2v) is 10.0. The molecule has 8 heteroatoms. The summed E-state index contributed by atoms with van der Waals surface area (Å²) in [5.41, 5.74) is 3.03. The van der Waals surface area contributed by atoms with Crippen LogP contribution in [0.15, 0.2) is 55.8 Å². The Hall–Kier alpha value is -1.60. The molecular weight excluding hydrogens is 443 g/mol. The fourth-order valence-corrected chi connectivity index (χ4v) is 7.18. The first-order chi connectivity index (χ1) is 12.4. The van der Waals surface area contributed by atoms with Crippen LogP contribution in [0.3, 0.4) is 0 Å². The molecule has 0 atom stereocenters. The number of hydrogen-bond donors (Lipinski definition) is 0. The summed E-state index contributed by atoms with van der Waals surface area (Å²) in [6.07, 6.45) is 14.7. The quantitative estimate of drug-likeness (QED) is 0.221. The van der Waals surface area contributed by atoms with Gasteiger partial charge in [-0.1, -0.05) is 22.6 Å². The van der Waals surface area contributed by atoms with Gasteiger partial charge in [-0.05, 0) is 23.7 Å². The van der Waals surface area contributed by atoms with E-state index in [0.717, 1.165) is 28.9 Å². The minimum absolute atomic E-state index is 0.981. The summed E-state index contributed by atoms with van der Waals surface area (Å²) in [4.78, 5) is 26.1. The maximum atomic E-state index is 4.62. The largest absolute Gasteiger partial charge is 0.245 e. The number of alkyl halides is 1. The Morgan fingerprint density at radius 2 is 1.16 bits per heavy atom. The third-order valence-electron chi connectivity index (χ3n) is 4.00. The van der Waals surface area contributed by atoms with Gasteiger partial charge < -0.3 is 0 Å². The van der Waals surface area contributed by atoms with Crippen LogP contribution in [-0.2, 0) is 0 Å². The van der Waals surface area contributed by atoms with Crippen molar-refractivity contribution in [2.45, 2.75) is 19.3 Å². The summed E-state index contributed by atoms with van der Waals surface area (Å²) in [5, 5.41) is 0. The van der Waals surface area contributed by atoms with Crippen molar-refractivity contribution in [3.05, 3.63) is 55.8 Å². The van der Waals surface area contributed by atoms with Crippen LogP contribution in [0.5, 0.6) is 0 Å². The van der Waals surface area contributed by atoms with Crippen molar-refractivity contribution in [1.82, 2.24) is 29.9 Å². The average Bonchev–Trinajstić information content (AvgIpc) is 2.70. The fraction of sp³-hybridized carbons (Fsp3) is 0.294. The van der Waals surface area contributed by atoms with E-state index in [9.17, 15) is 0 Å². The van der Waals surface area contributed by atoms with Gasteiger partial charge in [0.1, 0.15) is 19.0 Å². The molecule has 25 heavy (non-hydrogen) atoms. The minimum Gasteiger partial charge on any atom is -0.245 e. The van der Waals surface area contributed by atoms with Crippen molar-refractivity contribution in [3.63, 3.8) is 0 Å². The van der Waals surface area contributed by atoms with Gasteiger partial charge in [0.25, 0.3) is 0 Å². The second kappa shape index (κ2) is 9.20. The first-order valence-electron chi connectivity index (χ1n) is 8.11. The lowest BCUT2D eigenvalue weighted by molar-refractivity contribution is 0.788. The van der Waals surface area contributed by atoms with E-state index < -0.39 is 7.26 Å². The number of rotatable bonds is 8. The molecule has 0 amide bonds. The van der Waals surface area contributed by atoms with Crippen LogP contribution >= 0.6 is 29.9 Å². The van der Waals surface area contributed by atoms with Gasteiger partial charge in [-0.2, -0.15) is 0 Å². The molecule has 0 aliphatic heterocycles. The minimum atomic E-state index is -2.05. The molecule has 6 nitrogen and oxygen atoms in total. The highest BCUT2D eigenvalue weighted by Gasteiger charge is 2.49. The highest BCUT2D eigenvalue weighted by molar-refractivity contribution is 14.1. The summed E-state index contributed by atoms with van der Waals surface area (Å²) in [7, 11) is -2.05. The van der Waals surface area contributed by atoms with Gasteiger partial charge in [0.05, 0.1) is 6.16 Å². The standard InChI is InChI=1S/C17H19IN6P/c18-7-2-1-3-11-25(15-4-8-19-12-22-15,16-5-9-20-13-23-16)17-6-10-21-14-24-17/h4-6,8-10,12-14H,1-3,7,11H2/q+1/i18-3. The Morgan fingerprint density at radius 3 is 1.52 bits per heavy atom. The number of hydrogen-bond acceptors (Lipinski definition) is 6. The van der Waals surface area contributed by atoms with E-state index >= 15 is 0 Å². The Labute approximate surface area is 161 Å². The molecule has 0 unspecified atom stereocenters. The van der Waals surface area contributed by atoms with Crippen molar-refractivity contribution < 1.29 is 0 Å². The van der Waals surface area contributed by atoms with Crippen molar-refractivity contribution in [3.8, 4) is 0 Å². The second-order valence-electron chi connectivity index (χ2n) is 5.49. The Kier molecular flexibility index (Phi) is 6.69. The number of nitrogens with zero attached hydrogens (tertiary/aromatic N) is 6. The van der Waals surface area contributed by atoms with Crippen LogP contribution in [-0.4, -0.2) is 40.5 Å². The smallest absolute Gasteiger partial charge is 0.199 e. The molecule has 0 radical (unpaired) electrons. The summed E-state index contributed by atoms with van der Waals surface area (Å²) >= 11 is 2.43. The van der Waals surface area contributed by atoms with Gasteiger partial charge >= 0.3 is 0 Å². The zero-order valence-corrected chi connectivity index (χ0v) is 16.8. The first-order valence-corrected chi connectivity index (χ1v) is 11.6. The molecular formula is C17H19IN6P+. The van der Waals surface area contributed by atoms with Gasteiger partial charge in [-0.25, -0.2) is 29.9 Å². The van der Waals surface area contributed by atoms with Crippen LogP contribution in [0.4, 0.5) is 0 Å². The van der Waals surface area contributed by atoms with Crippen LogP contribution in [0.1, 0.15) is 19.3 Å². The van der Waals surface area contributed by atoms with Crippen molar-refractivity contribution in [2.24, 2.45) is 0 Å². The zero-order chi connectivity index (χ0) is 17.4. The summed E-state index contributed by atoms with van der Waals surface area (Å²) in [6.45, 7) is 0. The predicted octanol–water partition coefficient (Wildman–Crippen LogP) is 1.96. The fourth-order valence-electron chi connectivity index (χ4n) is 2.84. The normalized spacial score (nSPS) is 11.4. The molecule has 0 aliphatic carbocycles. The number of aromatic nitrogens is 6. The van der Waals surface area contributed by atoms with E-state index in [1.165, 1.54) is 17.3 Å². The van der Waals surface area contributed by atoms with Crippen molar-refractivity contribution >= 4 is 46.2 Å². The van der Waals surface area contributed by atoms with Gasteiger partial charge in [0.2, 0.25) is 0 Å². The molecule has 0 fully saturated rings. The molecule has 0 spiro atoms. The van der Waals surface area contributed by atoms with E-state index in [1.54, 1.807) is 37.6 Å². The lowest BCUT2D eigenvalue weighted by atomic mass is 10.3. The molecule has 128 valence electrons. The van der Waals surface area contributed by atoms with E-state index in [1.807, 2.05) is 18.2 Å². The topological polar surface area (TPSA) is 77.3 Å². The average molecular weight is 462 g/mol. The lowest BCUT2D eigenvalue weighted by Gasteiger charge is -2.23. The van der Waals surface area contributed by atoms with Crippen LogP contribution in [0.2, 0.25) is 0 Å². The summed E-state index contributed by atoms with van der Waals surface area (Å²) in [6, 6.07) is 5.99. The van der Waals surface area contributed by atoms with E-state index in [2.05, 4.69) is 52.5 Å². The molecule has 0 aliphatic rings. The molecule has 0 bridgehead atoms.